The molecule has 23 heavy (non-hydrogen) atoms. The van der Waals surface area contributed by atoms with Gasteiger partial charge in [-0.05, 0) is 25.0 Å². The molecule has 0 bridgehead atoms. The van der Waals surface area contributed by atoms with E-state index < -0.39 is 0 Å². The van der Waals surface area contributed by atoms with Crippen LogP contribution in [0, 0.1) is 6.92 Å². The summed E-state index contributed by atoms with van der Waals surface area (Å²) >= 11 is 0. The van der Waals surface area contributed by atoms with Crippen LogP contribution in [-0.2, 0) is 17.8 Å². The van der Waals surface area contributed by atoms with Crippen molar-refractivity contribution in [3.8, 4) is 0 Å². The van der Waals surface area contributed by atoms with E-state index in [2.05, 4.69) is 21.2 Å². The van der Waals surface area contributed by atoms with Gasteiger partial charge < -0.3 is 14.4 Å². The molecule has 2 aromatic heterocycles. The number of amides is 1. The Morgan fingerprint density at radius 1 is 1.35 bits per heavy atom. The normalized spacial score (nSPS) is 11.0. The van der Waals surface area contributed by atoms with Gasteiger partial charge >= 0.3 is 0 Å². The number of nitrogens with zero attached hydrogens (tertiary/aromatic N) is 3. The average molecular weight is 312 g/mol. The second-order valence-corrected chi connectivity index (χ2v) is 5.50. The third-order valence-electron chi connectivity index (χ3n) is 3.92. The van der Waals surface area contributed by atoms with Crippen molar-refractivity contribution in [2.45, 2.75) is 33.2 Å². The van der Waals surface area contributed by atoms with E-state index in [9.17, 15) is 4.79 Å². The van der Waals surface area contributed by atoms with Gasteiger partial charge in [0.1, 0.15) is 0 Å². The van der Waals surface area contributed by atoms with Crippen molar-refractivity contribution in [1.29, 1.82) is 0 Å². The van der Waals surface area contributed by atoms with Gasteiger partial charge in [0.05, 0.1) is 6.54 Å². The van der Waals surface area contributed by atoms with Gasteiger partial charge in [-0.15, -0.1) is 0 Å². The fourth-order valence-electron chi connectivity index (χ4n) is 2.69. The summed E-state index contributed by atoms with van der Waals surface area (Å²) < 4.78 is 4.95. The summed E-state index contributed by atoms with van der Waals surface area (Å²) in [6, 6.07) is 8.13. The molecule has 0 atom stereocenters. The van der Waals surface area contributed by atoms with Gasteiger partial charge in [0.25, 0.3) is 0 Å². The summed E-state index contributed by atoms with van der Waals surface area (Å²) in [5.74, 6) is 1.16. The number of aryl methyl sites for hydroxylation is 2. The minimum atomic E-state index is 0.0974. The molecule has 3 rings (SSSR count). The molecule has 120 valence electrons. The van der Waals surface area contributed by atoms with E-state index in [-0.39, 0.29) is 5.91 Å². The minimum absolute atomic E-state index is 0.0974. The molecule has 0 saturated heterocycles. The zero-order chi connectivity index (χ0) is 16.2. The number of H-pyrrole nitrogens is 1. The Hall–Kier alpha value is -2.63. The number of aromatic amines is 1. The molecule has 0 aliphatic rings. The summed E-state index contributed by atoms with van der Waals surface area (Å²) in [7, 11) is 0. The van der Waals surface area contributed by atoms with E-state index in [0.717, 1.165) is 5.52 Å². The predicted octanol–water partition coefficient (Wildman–Crippen LogP) is 2.84. The smallest absolute Gasteiger partial charge is 0.223 e. The first-order valence-electron chi connectivity index (χ1n) is 7.79. The maximum Gasteiger partial charge on any atom is 0.223 e. The number of carbonyl (C=O) groups is 1. The molecule has 0 radical (unpaired) electrons. The summed E-state index contributed by atoms with van der Waals surface area (Å²) in [6.07, 6.45) is 3.16. The lowest BCUT2D eigenvalue weighted by molar-refractivity contribution is -0.131. The van der Waals surface area contributed by atoms with Crippen molar-refractivity contribution in [2.75, 3.05) is 6.54 Å². The molecule has 0 fully saturated rings. The maximum atomic E-state index is 12.4. The minimum Gasteiger partial charge on any atom is -0.361 e. The number of aromatic nitrogens is 3. The fourth-order valence-corrected chi connectivity index (χ4v) is 2.69. The highest BCUT2D eigenvalue weighted by molar-refractivity contribution is 5.84. The highest BCUT2D eigenvalue weighted by atomic mass is 16.5. The number of hydrogen-bond donors (Lipinski definition) is 1. The standard InChI is InChI=1S/C17H20N4O2/c1-3-21(11-16-19-12(2)23-20-16)17(22)9-8-13-10-18-15-7-5-4-6-14(13)15/h4-7,10,18H,3,8-9,11H2,1-2H3. The molecule has 0 aliphatic carbocycles. The van der Waals surface area contributed by atoms with Crippen LogP contribution in [0.4, 0.5) is 0 Å². The van der Waals surface area contributed by atoms with E-state index in [1.54, 1.807) is 11.8 Å². The number of nitrogens with one attached hydrogen (secondary N) is 1. The molecule has 6 heteroatoms. The third-order valence-corrected chi connectivity index (χ3v) is 3.92. The molecule has 1 aromatic carbocycles. The summed E-state index contributed by atoms with van der Waals surface area (Å²) in [6.45, 7) is 4.71. The van der Waals surface area contributed by atoms with Crippen molar-refractivity contribution in [3.63, 3.8) is 0 Å². The number of hydrogen-bond acceptors (Lipinski definition) is 4. The van der Waals surface area contributed by atoms with E-state index in [0.29, 0.717) is 37.6 Å². The highest BCUT2D eigenvalue weighted by Gasteiger charge is 2.15. The monoisotopic (exact) mass is 312 g/mol. The lowest BCUT2D eigenvalue weighted by atomic mass is 10.1. The first kappa shape index (κ1) is 15.3. The molecule has 1 N–H and O–H groups in total. The molecular weight excluding hydrogens is 292 g/mol. The van der Waals surface area contributed by atoms with Crippen LogP contribution in [-0.4, -0.2) is 32.5 Å². The molecular formula is C17H20N4O2. The number of fused-ring (bicyclic) bond motifs is 1. The number of rotatable bonds is 6. The molecule has 3 aromatic rings. The summed E-state index contributed by atoms with van der Waals surface area (Å²) in [5.41, 5.74) is 2.27. The summed E-state index contributed by atoms with van der Waals surface area (Å²) in [4.78, 5) is 21.6. The lowest BCUT2D eigenvalue weighted by Crippen LogP contribution is -2.30. The zero-order valence-electron chi connectivity index (χ0n) is 13.4. The van der Waals surface area contributed by atoms with E-state index in [1.165, 1.54) is 10.9 Å². The molecule has 2 heterocycles. The summed E-state index contributed by atoms with van der Waals surface area (Å²) in [5, 5.41) is 5.03. The largest absolute Gasteiger partial charge is 0.361 e. The second-order valence-electron chi connectivity index (χ2n) is 5.50. The topological polar surface area (TPSA) is 75.0 Å². The van der Waals surface area contributed by atoms with Crippen molar-refractivity contribution in [1.82, 2.24) is 20.0 Å². The van der Waals surface area contributed by atoms with Gasteiger partial charge in [-0.25, -0.2) is 0 Å². The van der Waals surface area contributed by atoms with Gasteiger partial charge in [0.2, 0.25) is 11.8 Å². The molecule has 0 saturated carbocycles. The van der Waals surface area contributed by atoms with E-state index in [4.69, 9.17) is 4.52 Å². The van der Waals surface area contributed by atoms with Crippen LogP contribution in [0.1, 0.15) is 30.6 Å². The average Bonchev–Trinajstić information content (AvgIpc) is 3.16. The lowest BCUT2D eigenvalue weighted by Gasteiger charge is -2.18. The van der Waals surface area contributed by atoms with Crippen LogP contribution in [0.25, 0.3) is 10.9 Å². The van der Waals surface area contributed by atoms with Crippen LogP contribution in [0.15, 0.2) is 35.0 Å². The van der Waals surface area contributed by atoms with Gasteiger partial charge in [0, 0.05) is 37.0 Å². The van der Waals surface area contributed by atoms with E-state index >= 15 is 0 Å². The van der Waals surface area contributed by atoms with Gasteiger partial charge in [-0.2, -0.15) is 4.98 Å². The Labute approximate surface area is 134 Å². The molecule has 0 unspecified atom stereocenters. The van der Waals surface area contributed by atoms with Gasteiger partial charge in [-0.3, -0.25) is 4.79 Å². The van der Waals surface area contributed by atoms with Crippen LogP contribution >= 0.6 is 0 Å². The Kier molecular flexibility index (Phi) is 4.41. The van der Waals surface area contributed by atoms with Crippen LogP contribution in [0.3, 0.4) is 0 Å². The number of benzene rings is 1. The number of carbonyl (C=O) groups excluding carboxylic acids is 1. The Balaban J connectivity index is 1.63. The van der Waals surface area contributed by atoms with Gasteiger partial charge in [-0.1, -0.05) is 23.4 Å². The molecule has 1 amide bonds. The van der Waals surface area contributed by atoms with Crippen molar-refractivity contribution < 1.29 is 9.32 Å². The zero-order valence-corrected chi connectivity index (χ0v) is 13.4. The Bertz CT molecular complexity index is 806. The fraction of sp³-hybridized carbons (Fsp3) is 0.353. The van der Waals surface area contributed by atoms with Crippen molar-refractivity contribution in [3.05, 3.63) is 47.7 Å². The molecule has 0 aliphatic heterocycles. The Morgan fingerprint density at radius 3 is 2.91 bits per heavy atom. The number of para-hydroxylation sites is 1. The third kappa shape index (κ3) is 3.41. The first-order valence-corrected chi connectivity index (χ1v) is 7.79. The van der Waals surface area contributed by atoms with Crippen molar-refractivity contribution >= 4 is 16.8 Å². The van der Waals surface area contributed by atoms with Crippen LogP contribution in [0.5, 0.6) is 0 Å². The van der Waals surface area contributed by atoms with Crippen LogP contribution < -0.4 is 0 Å². The second kappa shape index (κ2) is 6.64. The predicted molar refractivity (Wildman–Crippen MR) is 86.7 cm³/mol. The van der Waals surface area contributed by atoms with Crippen LogP contribution in [0.2, 0.25) is 0 Å². The molecule has 6 nitrogen and oxygen atoms in total. The quantitative estimate of drug-likeness (QED) is 0.759. The van der Waals surface area contributed by atoms with Crippen molar-refractivity contribution in [2.24, 2.45) is 0 Å². The molecule has 0 spiro atoms. The first-order chi connectivity index (χ1) is 11.2. The Morgan fingerprint density at radius 2 is 2.17 bits per heavy atom. The maximum absolute atomic E-state index is 12.4. The SMILES string of the molecule is CCN(Cc1noc(C)n1)C(=O)CCc1c[nH]c2ccccc12. The highest BCUT2D eigenvalue weighted by Crippen LogP contribution is 2.19. The van der Waals surface area contributed by atoms with Gasteiger partial charge in [0.15, 0.2) is 5.82 Å². The van der Waals surface area contributed by atoms with E-state index in [1.807, 2.05) is 31.3 Å².